The van der Waals surface area contributed by atoms with Gasteiger partial charge in [-0.25, -0.2) is 4.72 Å². The van der Waals surface area contributed by atoms with E-state index >= 15 is 4.79 Å². The highest BCUT2D eigenvalue weighted by atomic mass is 32.2. The van der Waals surface area contributed by atoms with Crippen molar-refractivity contribution in [3.8, 4) is 17.0 Å². The molecule has 4 atom stereocenters. The van der Waals surface area contributed by atoms with Gasteiger partial charge in [-0.05, 0) is 74.8 Å². The molecule has 10 nitrogen and oxygen atoms in total. The van der Waals surface area contributed by atoms with Crippen LogP contribution in [0.15, 0.2) is 36.4 Å². The van der Waals surface area contributed by atoms with Gasteiger partial charge in [-0.1, -0.05) is 37.5 Å². The minimum absolute atomic E-state index is 0.122. The Labute approximate surface area is 281 Å². The molecule has 0 spiro atoms. The predicted molar refractivity (Wildman–Crippen MR) is 181 cm³/mol. The summed E-state index contributed by atoms with van der Waals surface area (Å²) >= 11 is 0. The monoisotopic (exact) mass is 677 g/mol. The van der Waals surface area contributed by atoms with E-state index in [1.54, 1.807) is 18.2 Å². The van der Waals surface area contributed by atoms with Gasteiger partial charge >= 0.3 is 10.2 Å². The first kappa shape index (κ1) is 31.8. The lowest BCUT2D eigenvalue weighted by Gasteiger charge is -2.39. The van der Waals surface area contributed by atoms with Crippen LogP contribution in [-0.2, 0) is 21.5 Å². The molecule has 12 heteroatoms. The molecule has 48 heavy (non-hydrogen) atoms. The van der Waals surface area contributed by atoms with E-state index in [2.05, 4.69) is 31.1 Å². The van der Waals surface area contributed by atoms with Crippen LogP contribution in [0.25, 0.3) is 22.2 Å². The van der Waals surface area contributed by atoms with E-state index in [9.17, 15) is 17.7 Å². The molecule has 4 fully saturated rings. The van der Waals surface area contributed by atoms with Crippen molar-refractivity contribution in [3.63, 3.8) is 0 Å². The summed E-state index contributed by atoms with van der Waals surface area (Å²) in [5, 5.41) is 0.985. The molecule has 3 aromatic rings. The van der Waals surface area contributed by atoms with Crippen LogP contribution < -0.4 is 9.66 Å². The van der Waals surface area contributed by atoms with Gasteiger partial charge in [-0.15, -0.1) is 0 Å². The Kier molecular flexibility index (Phi) is 7.65. The number of piperidine rings is 1. The number of rotatable bonds is 6. The Bertz CT molecular complexity index is 1920. The average molecular weight is 678 g/mol. The molecular weight excluding hydrogens is 633 g/mol. The highest BCUT2D eigenvalue weighted by molar-refractivity contribution is 7.87. The Morgan fingerprint density at radius 2 is 1.81 bits per heavy atom. The second-order valence-corrected chi connectivity index (χ2v) is 16.9. The average Bonchev–Trinajstić information content (AvgIpc) is 3.57. The fraction of sp³-hybridized carbons (Fsp3) is 0.556. The van der Waals surface area contributed by atoms with E-state index in [0.717, 1.165) is 89.2 Å². The molecule has 4 unspecified atom stereocenters. The number of hydrogen-bond donors (Lipinski definition) is 1. The number of benzene rings is 2. The van der Waals surface area contributed by atoms with Crippen LogP contribution in [0, 0.1) is 11.3 Å². The highest BCUT2D eigenvalue weighted by Gasteiger charge is 2.65. The molecule has 3 aliphatic heterocycles. The van der Waals surface area contributed by atoms with E-state index in [0.29, 0.717) is 25.4 Å². The van der Waals surface area contributed by atoms with Crippen LogP contribution >= 0.6 is 0 Å². The zero-order valence-electron chi connectivity index (χ0n) is 27.9. The second-order valence-electron chi connectivity index (χ2n) is 15.0. The van der Waals surface area contributed by atoms with Gasteiger partial charge in [0.25, 0.3) is 5.91 Å². The molecule has 1 aromatic heterocycles. The van der Waals surface area contributed by atoms with Gasteiger partial charge in [0.2, 0.25) is 5.91 Å². The first-order valence-corrected chi connectivity index (χ1v) is 18.8. The molecular formula is C36H44FN5O5S. The lowest BCUT2D eigenvalue weighted by Crippen LogP contribution is -2.52. The number of aromatic nitrogens is 1. The standard InChI is InChI=1S/C36H44FN5O5S/c1-39(2)48(45,46)38-34(43)23-14-15-25-28(17-23)42-21-36(35(44)41-16-8-11-24-19-40(3)20-29(24)41)18-27(36)32-26(12-7-13-30(32)47-37)33(42)31(25)22-9-5-4-6-10-22/h7,12-15,17,22,24,27,29H,4-6,8-11,16,18-21H2,1-3H3,(H,38,43). The fourth-order valence-corrected chi connectivity index (χ4v) is 10.1. The van der Waals surface area contributed by atoms with Gasteiger partial charge in [-0.3, -0.25) is 14.5 Å². The summed E-state index contributed by atoms with van der Waals surface area (Å²) < 4.78 is 44.9. The summed E-state index contributed by atoms with van der Waals surface area (Å²) in [4.78, 5) is 37.4. The van der Waals surface area contributed by atoms with E-state index < -0.39 is 21.5 Å². The summed E-state index contributed by atoms with van der Waals surface area (Å²) in [6, 6.07) is 11.0. The van der Waals surface area contributed by atoms with Crippen molar-refractivity contribution in [1.29, 1.82) is 0 Å². The molecule has 256 valence electrons. The molecule has 5 aliphatic rings. The molecule has 2 aliphatic carbocycles. The molecule has 2 aromatic carbocycles. The second kappa shape index (κ2) is 11.6. The molecule has 2 saturated carbocycles. The van der Waals surface area contributed by atoms with Crippen molar-refractivity contribution >= 4 is 32.9 Å². The van der Waals surface area contributed by atoms with Crippen molar-refractivity contribution in [1.82, 2.24) is 23.4 Å². The summed E-state index contributed by atoms with van der Waals surface area (Å²) in [5.74, 6) is 0.0553. The van der Waals surface area contributed by atoms with E-state index in [4.69, 9.17) is 0 Å². The molecule has 2 saturated heterocycles. The largest absolute Gasteiger partial charge is 0.339 e. The normalized spacial score (nSPS) is 27.2. The molecule has 1 N–H and O–H groups in total. The smallest absolute Gasteiger partial charge is 0.303 e. The predicted octanol–water partition coefficient (Wildman–Crippen LogP) is 5.20. The SMILES string of the molecule is CN1CC2CCCN(C(=O)C34CC3c3c(OF)cccc3-c3c(C5CCCCC5)c5ccc(C(=O)NS(=O)(=O)N(C)C)cc5n3C4)C2C1. The zero-order valence-corrected chi connectivity index (χ0v) is 28.7. The van der Waals surface area contributed by atoms with E-state index in [1.807, 2.05) is 18.2 Å². The third-order valence-corrected chi connectivity index (χ3v) is 13.4. The van der Waals surface area contributed by atoms with Crippen LogP contribution in [0.3, 0.4) is 0 Å². The molecule has 8 rings (SSSR count). The van der Waals surface area contributed by atoms with Gasteiger partial charge in [0.05, 0.1) is 11.1 Å². The van der Waals surface area contributed by atoms with Crippen molar-refractivity contribution < 1.29 is 27.5 Å². The number of carbonyl (C=O) groups excluding carboxylic acids is 2. The first-order chi connectivity index (χ1) is 23.0. The zero-order chi connectivity index (χ0) is 33.5. The third kappa shape index (κ3) is 4.88. The summed E-state index contributed by atoms with van der Waals surface area (Å²) in [7, 11) is 0.849. The Balaban J connectivity index is 1.32. The number of likely N-dealkylation sites (tertiary alicyclic amines) is 2. The summed E-state index contributed by atoms with van der Waals surface area (Å²) in [5.41, 5.74) is 3.95. The lowest BCUT2D eigenvalue weighted by atomic mass is 9.81. The van der Waals surface area contributed by atoms with Crippen LogP contribution in [0.2, 0.25) is 0 Å². The van der Waals surface area contributed by atoms with E-state index in [1.165, 1.54) is 20.5 Å². The number of likely N-dealkylation sites (N-methyl/N-ethyl adjacent to an activating group) is 1. The van der Waals surface area contributed by atoms with Crippen molar-refractivity contribution in [2.24, 2.45) is 11.3 Å². The fourth-order valence-electron chi connectivity index (χ4n) is 9.60. The van der Waals surface area contributed by atoms with Crippen LogP contribution in [0.1, 0.15) is 84.7 Å². The maximum absolute atomic E-state index is 15.0. The number of fused-ring (bicyclic) bond motifs is 8. The maximum atomic E-state index is 15.0. The maximum Gasteiger partial charge on any atom is 0.303 e. The number of amides is 2. The Morgan fingerprint density at radius 3 is 2.56 bits per heavy atom. The first-order valence-electron chi connectivity index (χ1n) is 17.4. The summed E-state index contributed by atoms with van der Waals surface area (Å²) in [6.45, 7) is 2.94. The van der Waals surface area contributed by atoms with Crippen molar-refractivity contribution in [2.45, 2.75) is 75.8 Å². The number of nitrogens with zero attached hydrogens (tertiary/aromatic N) is 4. The number of nitrogens with one attached hydrogen (secondary N) is 1. The highest BCUT2D eigenvalue weighted by Crippen LogP contribution is 2.67. The van der Waals surface area contributed by atoms with Gasteiger partial charge in [0.1, 0.15) is 0 Å². The number of carbonyl (C=O) groups is 2. The molecule has 0 radical (unpaired) electrons. The molecule has 4 heterocycles. The summed E-state index contributed by atoms with van der Waals surface area (Å²) in [6.07, 6.45) is 8.09. The van der Waals surface area contributed by atoms with Crippen LogP contribution in [0.4, 0.5) is 4.53 Å². The molecule has 0 bridgehead atoms. The van der Waals surface area contributed by atoms with Crippen LogP contribution in [0.5, 0.6) is 5.75 Å². The Hall–Kier alpha value is -3.48. The third-order valence-electron chi connectivity index (χ3n) is 12.0. The van der Waals surface area contributed by atoms with Gasteiger partial charge in [0, 0.05) is 84.4 Å². The van der Waals surface area contributed by atoms with Gasteiger partial charge in [-0.2, -0.15) is 12.7 Å². The Morgan fingerprint density at radius 1 is 1.02 bits per heavy atom. The van der Waals surface area contributed by atoms with Crippen molar-refractivity contribution in [2.75, 3.05) is 40.8 Å². The minimum atomic E-state index is -4.00. The number of hydrogen-bond acceptors (Lipinski definition) is 6. The van der Waals surface area contributed by atoms with Gasteiger partial charge < -0.3 is 14.4 Å². The number of halogens is 1. The van der Waals surface area contributed by atoms with Crippen LogP contribution in [-0.4, -0.2) is 85.7 Å². The quantitative estimate of drug-likeness (QED) is 0.385. The topological polar surface area (TPSA) is 104 Å². The van der Waals surface area contributed by atoms with E-state index in [-0.39, 0.29) is 35.1 Å². The molecule has 2 amide bonds. The lowest BCUT2D eigenvalue weighted by molar-refractivity contribution is -0.142. The van der Waals surface area contributed by atoms with Crippen molar-refractivity contribution in [3.05, 3.63) is 53.1 Å². The van der Waals surface area contributed by atoms with Gasteiger partial charge in [0.15, 0.2) is 5.75 Å². The minimum Gasteiger partial charge on any atom is -0.339 e.